The highest BCUT2D eigenvalue weighted by atomic mass is 14.6. The lowest BCUT2D eigenvalue weighted by Crippen LogP contribution is -2.19. The molecule has 9 aromatic rings. The minimum absolute atomic E-state index is 0.0909. The molecule has 0 saturated carbocycles. The first kappa shape index (κ1) is 31.2. The van der Waals surface area contributed by atoms with Crippen LogP contribution in [-0.2, 0) is 10.8 Å². The van der Waals surface area contributed by atoms with Crippen LogP contribution in [0.1, 0.15) is 49.9 Å². The molecule has 256 valence electrons. The van der Waals surface area contributed by atoms with E-state index in [-0.39, 0.29) is 10.8 Å². The summed E-state index contributed by atoms with van der Waals surface area (Å²) in [6.07, 6.45) is 3.83. The molecule has 1 heterocycles. The van der Waals surface area contributed by atoms with Crippen molar-refractivity contribution in [2.75, 3.05) is 0 Å². The summed E-state index contributed by atoms with van der Waals surface area (Å²) in [4.78, 5) is 4.49. The molecule has 11 rings (SSSR count). The predicted molar refractivity (Wildman–Crippen MR) is 228 cm³/mol. The number of hydrogen-bond acceptors (Lipinski definition) is 1. The number of aromatic nitrogens is 1. The van der Waals surface area contributed by atoms with Crippen LogP contribution in [0.2, 0.25) is 0 Å². The maximum Gasteiger partial charge on any atom is 0.0346 e. The number of hydrogen-bond donors (Lipinski definition) is 0. The summed E-state index contributed by atoms with van der Waals surface area (Å²) < 4.78 is 0. The van der Waals surface area contributed by atoms with Crippen molar-refractivity contribution < 1.29 is 0 Å². The third-order valence-corrected chi connectivity index (χ3v) is 12.7. The molecule has 0 aliphatic heterocycles. The second-order valence-electron chi connectivity index (χ2n) is 16.3. The van der Waals surface area contributed by atoms with E-state index in [9.17, 15) is 0 Å². The molecule has 54 heavy (non-hydrogen) atoms. The summed E-state index contributed by atoms with van der Waals surface area (Å²) >= 11 is 0. The first-order valence-corrected chi connectivity index (χ1v) is 19.1. The van der Waals surface area contributed by atoms with Gasteiger partial charge in [0.15, 0.2) is 0 Å². The van der Waals surface area contributed by atoms with E-state index in [4.69, 9.17) is 0 Å². The fraction of sp³-hybridized carbons (Fsp3) is 0.113. The minimum Gasteiger partial charge on any atom is -0.264 e. The Labute approximate surface area is 316 Å². The molecule has 1 aromatic heterocycles. The van der Waals surface area contributed by atoms with E-state index < -0.39 is 0 Å². The van der Waals surface area contributed by atoms with Crippen molar-refractivity contribution in [2.45, 2.75) is 38.5 Å². The van der Waals surface area contributed by atoms with Crippen LogP contribution in [0.4, 0.5) is 0 Å². The Balaban J connectivity index is 1.13. The van der Waals surface area contributed by atoms with Crippen LogP contribution in [-0.4, -0.2) is 4.98 Å². The quantitative estimate of drug-likeness (QED) is 0.168. The van der Waals surface area contributed by atoms with Crippen LogP contribution in [0.3, 0.4) is 0 Å². The number of rotatable bonds is 3. The number of nitrogens with zero attached hydrogens (tertiary/aromatic N) is 1. The summed E-state index contributed by atoms with van der Waals surface area (Å²) in [6, 6.07) is 56.8. The van der Waals surface area contributed by atoms with Crippen LogP contribution < -0.4 is 0 Å². The zero-order valence-corrected chi connectivity index (χ0v) is 31.0. The molecule has 2 aliphatic rings. The molecule has 0 atom stereocenters. The van der Waals surface area contributed by atoms with E-state index in [0.717, 1.165) is 5.56 Å². The largest absolute Gasteiger partial charge is 0.264 e. The van der Waals surface area contributed by atoms with Gasteiger partial charge in [0.25, 0.3) is 0 Å². The molecule has 1 nitrogen and oxygen atoms in total. The molecule has 0 bridgehead atoms. The first-order chi connectivity index (χ1) is 26.3. The van der Waals surface area contributed by atoms with Gasteiger partial charge in [-0.05, 0) is 129 Å². The fourth-order valence-electron chi connectivity index (χ4n) is 10.3. The second-order valence-corrected chi connectivity index (χ2v) is 16.3. The van der Waals surface area contributed by atoms with Crippen molar-refractivity contribution in [3.8, 4) is 55.6 Å². The molecule has 0 unspecified atom stereocenters. The van der Waals surface area contributed by atoms with Gasteiger partial charge in [0.2, 0.25) is 0 Å². The number of pyridine rings is 1. The highest BCUT2D eigenvalue weighted by Crippen LogP contribution is 2.61. The minimum atomic E-state index is -0.135. The van der Waals surface area contributed by atoms with Gasteiger partial charge < -0.3 is 0 Å². The summed E-state index contributed by atoms with van der Waals surface area (Å²) in [5.74, 6) is 0. The number of fused-ring (bicyclic) bond motifs is 10. The Kier molecular flexibility index (Phi) is 6.42. The molecule has 8 aromatic carbocycles. The van der Waals surface area contributed by atoms with Crippen molar-refractivity contribution in [3.63, 3.8) is 0 Å². The van der Waals surface area contributed by atoms with Crippen molar-refractivity contribution in [3.05, 3.63) is 186 Å². The van der Waals surface area contributed by atoms with Crippen molar-refractivity contribution in [2.24, 2.45) is 0 Å². The Morgan fingerprint density at radius 3 is 1.48 bits per heavy atom. The van der Waals surface area contributed by atoms with Crippen molar-refractivity contribution in [1.29, 1.82) is 0 Å². The van der Waals surface area contributed by atoms with Gasteiger partial charge in [-0.3, -0.25) is 4.98 Å². The standard InChI is InChI=1S/C53H39N/c1-52(2)45-21-11-9-15-37(45)44-30-43(50-49(51(44)52)42-20-10-12-22-46(42)53(50,3)4)34-25-23-33-29-35(26-24-32(33)28-34)47-38-16-5-7-18-40(38)48(36-14-13-27-54-31-36)41-19-8-6-17-39(41)47/h5-31H,1-4H3. The highest BCUT2D eigenvalue weighted by Gasteiger charge is 2.46. The van der Waals surface area contributed by atoms with E-state index >= 15 is 0 Å². The smallest absolute Gasteiger partial charge is 0.0346 e. The van der Waals surface area contributed by atoms with Gasteiger partial charge in [-0.2, -0.15) is 0 Å². The van der Waals surface area contributed by atoms with Crippen LogP contribution in [0.5, 0.6) is 0 Å². The van der Waals surface area contributed by atoms with Crippen LogP contribution in [0.25, 0.3) is 88.0 Å². The first-order valence-electron chi connectivity index (χ1n) is 19.1. The zero-order chi connectivity index (χ0) is 36.3. The average Bonchev–Trinajstić information content (AvgIpc) is 3.59. The van der Waals surface area contributed by atoms with Crippen molar-refractivity contribution >= 4 is 32.3 Å². The SMILES string of the molecule is CC1(C)c2ccccc2-c2c1c(-c1ccc3cc(-c4c5ccccc5c(-c5cccnc5)c5ccccc45)ccc3c1)cc1c2C(C)(C)c2ccccc2-1. The van der Waals surface area contributed by atoms with Crippen LogP contribution in [0.15, 0.2) is 164 Å². The maximum atomic E-state index is 4.49. The molecule has 2 aliphatic carbocycles. The van der Waals surface area contributed by atoms with Gasteiger partial charge >= 0.3 is 0 Å². The molecule has 0 spiro atoms. The molecule has 0 amide bonds. The Morgan fingerprint density at radius 2 is 0.870 bits per heavy atom. The normalized spacial score (nSPS) is 14.6. The molecular formula is C53H39N. The third-order valence-electron chi connectivity index (χ3n) is 12.7. The lowest BCUT2D eigenvalue weighted by atomic mass is 9.74. The Hall–Kier alpha value is -6.31. The lowest BCUT2D eigenvalue weighted by molar-refractivity contribution is 0.648. The summed E-state index contributed by atoms with van der Waals surface area (Å²) in [7, 11) is 0. The van der Waals surface area contributed by atoms with Gasteiger partial charge in [0.1, 0.15) is 0 Å². The monoisotopic (exact) mass is 689 g/mol. The average molecular weight is 690 g/mol. The summed E-state index contributed by atoms with van der Waals surface area (Å²) in [5, 5.41) is 7.49. The molecule has 1 heteroatoms. The molecular weight excluding hydrogens is 651 g/mol. The van der Waals surface area contributed by atoms with Crippen LogP contribution in [0, 0.1) is 0 Å². The van der Waals surface area contributed by atoms with Gasteiger partial charge in [-0.15, -0.1) is 0 Å². The third kappa shape index (κ3) is 4.18. The molecule has 0 radical (unpaired) electrons. The molecule has 0 fully saturated rings. The second kappa shape index (κ2) is 11.1. The lowest BCUT2D eigenvalue weighted by Gasteiger charge is -2.29. The van der Waals surface area contributed by atoms with Gasteiger partial charge in [-0.25, -0.2) is 0 Å². The number of benzene rings is 8. The Bertz CT molecular complexity index is 2980. The highest BCUT2D eigenvalue weighted by molar-refractivity contribution is 6.21. The van der Waals surface area contributed by atoms with Gasteiger partial charge in [0, 0.05) is 28.8 Å². The Morgan fingerprint density at radius 1 is 0.370 bits per heavy atom. The summed E-state index contributed by atoms with van der Waals surface area (Å²) in [5.41, 5.74) is 18.6. The molecule has 0 N–H and O–H groups in total. The van der Waals surface area contributed by atoms with E-state index in [1.54, 1.807) is 0 Å². The maximum absolute atomic E-state index is 4.49. The van der Waals surface area contributed by atoms with E-state index in [2.05, 4.69) is 178 Å². The molecule has 0 saturated heterocycles. The van der Waals surface area contributed by atoms with E-state index in [1.165, 1.54) is 105 Å². The summed E-state index contributed by atoms with van der Waals surface area (Å²) in [6.45, 7) is 9.67. The predicted octanol–water partition coefficient (Wildman–Crippen LogP) is 14.2. The van der Waals surface area contributed by atoms with Crippen molar-refractivity contribution in [1.82, 2.24) is 4.98 Å². The van der Waals surface area contributed by atoms with Gasteiger partial charge in [0.05, 0.1) is 0 Å². The zero-order valence-electron chi connectivity index (χ0n) is 31.0. The van der Waals surface area contributed by atoms with Gasteiger partial charge in [-0.1, -0.05) is 155 Å². The fourth-order valence-corrected chi connectivity index (χ4v) is 10.3. The topological polar surface area (TPSA) is 12.9 Å². The van der Waals surface area contributed by atoms with E-state index in [0.29, 0.717) is 0 Å². The van der Waals surface area contributed by atoms with Crippen LogP contribution >= 0.6 is 0 Å². The van der Waals surface area contributed by atoms with E-state index in [1.807, 2.05) is 18.5 Å².